The van der Waals surface area contributed by atoms with Gasteiger partial charge in [0.05, 0.1) is 5.69 Å². The quantitative estimate of drug-likeness (QED) is 0.663. The smallest absolute Gasteiger partial charge is 0.121 e. The Labute approximate surface area is 155 Å². The van der Waals surface area contributed by atoms with Crippen molar-refractivity contribution in [2.75, 3.05) is 4.90 Å². The predicted molar refractivity (Wildman–Crippen MR) is 107 cm³/mol. The lowest BCUT2D eigenvalue weighted by atomic mass is 9.94. The van der Waals surface area contributed by atoms with Crippen molar-refractivity contribution in [1.82, 2.24) is 15.0 Å². The molecule has 1 aliphatic heterocycles. The highest BCUT2D eigenvalue weighted by Gasteiger charge is 2.28. The minimum Gasteiger partial charge on any atom is -0.364 e. The van der Waals surface area contributed by atoms with E-state index in [0.717, 1.165) is 24.4 Å². The molecule has 1 unspecified atom stereocenters. The van der Waals surface area contributed by atoms with Crippen molar-refractivity contribution in [1.29, 1.82) is 0 Å². The number of para-hydroxylation sites is 1. The van der Waals surface area contributed by atoms with Crippen molar-refractivity contribution >= 4 is 5.69 Å². The van der Waals surface area contributed by atoms with Crippen LogP contribution in [0.2, 0.25) is 0 Å². The van der Waals surface area contributed by atoms with Gasteiger partial charge in [-0.2, -0.15) is 0 Å². The lowest BCUT2D eigenvalue weighted by Crippen LogP contribution is -2.35. The molecule has 2 heterocycles. The third kappa shape index (κ3) is 2.70. The fourth-order valence-electron chi connectivity index (χ4n) is 4.16. The second-order valence-corrected chi connectivity index (χ2v) is 7.06. The molecular formula is C22H26N4. The van der Waals surface area contributed by atoms with Crippen molar-refractivity contribution in [3.63, 3.8) is 0 Å². The molecule has 0 radical (unpaired) electrons. The normalized spacial score (nSPS) is 14.0. The number of anilines is 1. The molecular weight excluding hydrogens is 320 g/mol. The number of hydrogen-bond donors (Lipinski definition) is 0. The van der Waals surface area contributed by atoms with E-state index < -0.39 is 0 Å². The van der Waals surface area contributed by atoms with Crippen LogP contribution in [0.15, 0.2) is 48.5 Å². The van der Waals surface area contributed by atoms with Crippen molar-refractivity contribution in [2.45, 2.75) is 45.7 Å². The van der Waals surface area contributed by atoms with E-state index in [1.807, 2.05) is 11.7 Å². The summed E-state index contributed by atoms with van der Waals surface area (Å²) in [4.78, 5) is 2.59. The van der Waals surface area contributed by atoms with Gasteiger partial charge in [-0.1, -0.05) is 67.9 Å². The Kier molecular flexibility index (Phi) is 4.49. The molecule has 0 amide bonds. The Morgan fingerprint density at radius 1 is 1.00 bits per heavy atom. The van der Waals surface area contributed by atoms with Crippen LogP contribution in [-0.4, -0.2) is 21.0 Å². The van der Waals surface area contributed by atoms with E-state index in [2.05, 4.69) is 77.6 Å². The molecule has 4 nitrogen and oxygen atoms in total. The first-order valence-corrected chi connectivity index (χ1v) is 9.58. The zero-order valence-corrected chi connectivity index (χ0v) is 15.8. The van der Waals surface area contributed by atoms with E-state index in [9.17, 15) is 0 Å². The molecule has 0 saturated heterocycles. The van der Waals surface area contributed by atoms with Crippen LogP contribution in [0, 0.1) is 0 Å². The zero-order chi connectivity index (χ0) is 18.1. The highest BCUT2D eigenvalue weighted by atomic mass is 15.4. The number of aromatic nitrogens is 3. The highest BCUT2D eigenvalue weighted by Crippen LogP contribution is 2.41. The van der Waals surface area contributed by atoms with Crippen LogP contribution >= 0.6 is 0 Å². The summed E-state index contributed by atoms with van der Waals surface area (Å²) in [5.74, 6) is 0. The molecule has 26 heavy (non-hydrogen) atoms. The van der Waals surface area contributed by atoms with Gasteiger partial charge >= 0.3 is 0 Å². The Balaban J connectivity index is 2.00. The first kappa shape index (κ1) is 16.8. The number of hydrogen-bond acceptors (Lipinski definition) is 3. The Morgan fingerprint density at radius 3 is 2.50 bits per heavy atom. The molecule has 0 aliphatic carbocycles. The second-order valence-electron chi connectivity index (χ2n) is 7.06. The summed E-state index contributed by atoms with van der Waals surface area (Å²) >= 11 is 0. The number of aryl methyl sites for hydroxylation is 1. The van der Waals surface area contributed by atoms with Crippen LogP contribution in [0.1, 0.15) is 38.7 Å². The molecule has 0 spiro atoms. The third-order valence-electron chi connectivity index (χ3n) is 5.44. The molecule has 4 heteroatoms. The van der Waals surface area contributed by atoms with Gasteiger partial charge in [-0.05, 0) is 24.5 Å². The van der Waals surface area contributed by atoms with Gasteiger partial charge in [0.25, 0.3) is 0 Å². The lowest BCUT2D eigenvalue weighted by molar-refractivity contribution is 0.526. The average molecular weight is 346 g/mol. The largest absolute Gasteiger partial charge is 0.364 e. The molecule has 1 atom stereocenters. The Hall–Kier alpha value is -2.62. The van der Waals surface area contributed by atoms with Crippen LogP contribution in [0.5, 0.6) is 0 Å². The maximum Gasteiger partial charge on any atom is 0.121 e. The van der Waals surface area contributed by atoms with Gasteiger partial charge in [0.15, 0.2) is 0 Å². The summed E-state index contributed by atoms with van der Waals surface area (Å²) in [5.41, 5.74) is 7.11. The number of fused-ring (bicyclic) bond motifs is 5. The minimum atomic E-state index is 0.525. The van der Waals surface area contributed by atoms with Gasteiger partial charge in [0, 0.05) is 36.4 Å². The van der Waals surface area contributed by atoms with Crippen LogP contribution in [0.25, 0.3) is 22.5 Å². The molecule has 2 aromatic carbocycles. The number of benzene rings is 2. The average Bonchev–Trinajstić information content (AvgIpc) is 3.04. The molecule has 4 rings (SSSR count). The zero-order valence-electron chi connectivity index (χ0n) is 15.8. The fourth-order valence-corrected chi connectivity index (χ4v) is 4.16. The molecule has 1 aromatic heterocycles. The maximum atomic E-state index is 4.52. The monoisotopic (exact) mass is 346 g/mol. The van der Waals surface area contributed by atoms with E-state index in [-0.39, 0.29) is 0 Å². The molecule has 3 aromatic rings. The van der Waals surface area contributed by atoms with Crippen LogP contribution in [-0.2, 0) is 13.6 Å². The van der Waals surface area contributed by atoms with Crippen molar-refractivity contribution in [3.05, 3.63) is 54.1 Å². The van der Waals surface area contributed by atoms with E-state index in [1.165, 1.54) is 35.2 Å². The Morgan fingerprint density at radius 2 is 1.73 bits per heavy atom. The first-order chi connectivity index (χ1) is 12.7. The van der Waals surface area contributed by atoms with Crippen molar-refractivity contribution in [3.8, 4) is 22.5 Å². The molecule has 0 N–H and O–H groups in total. The van der Waals surface area contributed by atoms with E-state index in [4.69, 9.17) is 0 Å². The summed E-state index contributed by atoms with van der Waals surface area (Å²) in [6, 6.07) is 17.9. The lowest BCUT2D eigenvalue weighted by Gasteiger charge is -2.36. The van der Waals surface area contributed by atoms with Crippen molar-refractivity contribution < 1.29 is 0 Å². The highest BCUT2D eigenvalue weighted by molar-refractivity contribution is 5.88. The molecule has 0 fully saturated rings. The maximum absolute atomic E-state index is 4.52. The number of rotatable bonds is 4. The van der Waals surface area contributed by atoms with Gasteiger partial charge in [-0.25, -0.2) is 4.68 Å². The van der Waals surface area contributed by atoms with Crippen LogP contribution < -0.4 is 4.90 Å². The van der Waals surface area contributed by atoms with Gasteiger partial charge < -0.3 is 4.90 Å². The minimum absolute atomic E-state index is 0.525. The molecule has 134 valence electrons. The van der Waals surface area contributed by atoms with Gasteiger partial charge in [-0.3, -0.25) is 0 Å². The molecule has 0 saturated carbocycles. The number of nitrogens with zero attached hydrogens (tertiary/aromatic N) is 4. The summed E-state index contributed by atoms with van der Waals surface area (Å²) in [6.45, 7) is 5.47. The third-order valence-corrected chi connectivity index (χ3v) is 5.44. The predicted octanol–water partition coefficient (Wildman–Crippen LogP) is 5.05. The second kappa shape index (κ2) is 6.94. The summed E-state index contributed by atoms with van der Waals surface area (Å²) in [7, 11) is 1.99. The first-order valence-electron chi connectivity index (χ1n) is 9.58. The van der Waals surface area contributed by atoms with E-state index in [0.29, 0.717) is 6.04 Å². The molecule has 0 bridgehead atoms. The SMILES string of the molecule is CCCC(CC)N1Cc2ccccc2-c2nnn(C)c2-c2ccccc21. The van der Waals surface area contributed by atoms with E-state index in [1.54, 1.807) is 0 Å². The summed E-state index contributed by atoms with van der Waals surface area (Å²) in [5, 5.41) is 8.87. The van der Waals surface area contributed by atoms with E-state index >= 15 is 0 Å². The summed E-state index contributed by atoms with van der Waals surface area (Å²) in [6.07, 6.45) is 3.53. The summed E-state index contributed by atoms with van der Waals surface area (Å²) < 4.78 is 1.91. The standard InChI is InChI=1S/C22H26N4/c1-4-10-17(5-2)26-15-16-11-6-7-12-18(16)21-22(25(3)24-23-21)19-13-8-9-14-20(19)26/h6-9,11-14,17H,4-5,10,15H2,1-3H3. The topological polar surface area (TPSA) is 34.0 Å². The van der Waals surface area contributed by atoms with Gasteiger partial charge in [0.1, 0.15) is 5.69 Å². The Bertz CT molecular complexity index is 912. The van der Waals surface area contributed by atoms with Crippen LogP contribution in [0.4, 0.5) is 5.69 Å². The van der Waals surface area contributed by atoms with Gasteiger partial charge in [0.2, 0.25) is 0 Å². The van der Waals surface area contributed by atoms with Crippen LogP contribution in [0.3, 0.4) is 0 Å². The van der Waals surface area contributed by atoms with Gasteiger partial charge in [-0.15, -0.1) is 5.10 Å². The fraction of sp³-hybridized carbons (Fsp3) is 0.364. The molecule has 1 aliphatic rings. The van der Waals surface area contributed by atoms with Crippen molar-refractivity contribution in [2.24, 2.45) is 7.05 Å².